The Kier molecular flexibility index (Phi) is 7.19. The highest BCUT2D eigenvalue weighted by atomic mass is 16.5. The van der Waals surface area contributed by atoms with Gasteiger partial charge in [0.25, 0.3) is 5.71 Å². The van der Waals surface area contributed by atoms with E-state index >= 15 is 0 Å². The zero-order chi connectivity index (χ0) is 19.9. The van der Waals surface area contributed by atoms with Crippen molar-refractivity contribution in [2.75, 3.05) is 44.2 Å². The highest BCUT2D eigenvalue weighted by molar-refractivity contribution is 5.88. The number of amides is 1. The summed E-state index contributed by atoms with van der Waals surface area (Å²) in [6, 6.07) is 0. The lowest BCUT2D eigenvalue weighted by Gasteiger charge is -2.33. The summed E-state index contributed by atoms with van der Waals surface area (Å²) in [4.78, 5) is 25.9. The molecule has 1 N–H and O–H groups in total. The first-order valence-electron chi connectivity index (χ1n) is 10.5. The number of aromatic nitrogens is 3. The third-order valence-electron chi connectivity index (χ3n) is 5.52. The van der Waals surface area contributed by atoms with Gasteiger partial charge in [-0.25, -0.2) is 4.98 Å². The lowest BCUT2D eigenvalue weighted by atomic mass is 9.97. The first-order valence-corrected chi connectivity index (χ1v) is 10.5. The van der Waals surface area contributed by atoms with Gasteiger partial charge in [-0.2, -0.15) is 4.98 Å². The van der Waals surface area contributed by atoms with E-state index in [0.29, 0.717) is 18.8 Å². The molecule has 1 aliphatic rings. The van der Waals surface area contributed by atoms with E-state index in [2.05, 4.69) is 44.1 Å². The second-order valence-corrected chi connectivity index (χ2v) is 7.51. The molecule has 0 aromatic carbocycles. The van der Waals surface area contributed by atoms with Crippen molar-refractivity contribution < 1.29 is 9.32 Å². The minimum atomic E-state index is -0.0235. The van der Waals surface area contributed by atoms with Crippen LogP contribution in [0.15, 0.2) is 10.9 Å². The number of aryl methyl sites for hydroxylation is 1. The van der Waals surface area contributed by atoms with Crippen molar-refractivity contribution in [1.29, 1.82) is 0 Å². The van der Waals surface area contributed by atoms with Crippen molar-refractivity contribution in [3.8, 4) is 0 Å². The van der Waals surface area contributed by atoms with Crippen LogP contribution >= 0.6 is 0 Å². The van der Waals surface area contributed by atoms with Crippen LogP contribution < -0.4 is 10.2 Å². The Labute approximate surface area is 166 Å². The average molecular weight is 389 g/mol. The Morgan fingerprint density at radius 1 is 1.36 bits per heavy atom. The van der Waals surface area contributed by atoms with E-state index in [1.807, 2.05) is 6.92 Å². The fourth-order valence-electron chi connectivity index (χ4n) is 3.82. The van der Waals surface area contributed by atoms with E-state index in [1.165, 1.54) is 19.2 Å². The summed E-state index contributed by atoms with van der Waals surface area (Å²) in [5, 5.41) is 7.99. The van der Waals surface area contributed by atoms with Gasteiger partial charge >= 0.3 is 0 Å². The molecule has 3 rings (SSSR count). The zero-order valence-electron chi connectivity index (χ0n) is 17.3. The molecule has 0 aliphatic carbocycles. The maximum Gasteiger partial charge on any atom is 0.263 e. The molecule has 1 atom stereocenters. The summed E-state index contributed by atoms with van der Waals surface area (Å²) in [6.07, 6.45) is 5.78. The van der Waals surface area contributed by atoms with Crippen LogP contribution in [0, 0.1) is 12.8 Å². The minimum absolute atomic E-state index is 0.0235. The normalized spacial score (nSPS) is 17.4. The van der Waals surface area contributed by atoms with Crippen molar-refractivity contribution in [1.82, 2.24) is 25.3 Å². The predicted octanol–water partition coefficient (Wildman–Crippen LogP) is 2.38. The van der Waals surface area contributed by atoms with Gasteiger partial charge in [0.15, 0.2) is 0 Å². The highest BCUT2D eigenvalue weighted by Gasteiger charge is 2.28. The number of hydrogen-bond acceptors (Lipinski definition) is 7. The molecule has 1 amide bonds. The summed E-state index contributed by atoms with van der Waals surface area (Å²) < 4.78 is 5.26. The fourth-order valence-corrected chi connectivity index (χ4v) is 3.82. The molecule has 0 radical (unpaired) electrons. The monoisotopic (exact) mass is 388 g/mol. The quantitative estimate of drug-likeness (QED) is 0.705. The van der Waals surface area contributed by atoms with Crippen molar-refractivity contribution in [2.45, 2.75) is 46.5 Å². The molecule has 3 heterocycles. The third-order valence-corrected chi connectivity index (χ3v) is 5.52. The summed E-state index contributed by atoms with van der Waals surface area (Å²) in [5.41, 5.74) is 1.28. The smallest absolute Gasteiger partial charge is 0.263 e. The van der Waals surface area contributed by atoms with Gasteiger partial charge in [0, 0.05) is 26.2 Å². The Bertz CT molecular complexity index is 777. The van der Waals surface area contributed by atoms with Gasteiger partial charge in [0.1, 0.15) is 17.5 Å². The highest BCUT2D eigenvalue weighted by Crippen LogP contribution is 2.29. The number of carbonyl (C=O) groups is 1. The van der Waals surface area contributed by atoms with Gasteiger partial charge in [-0.15, -0.1) is 0 Å². The topological polar surface area (TPSA) is 87.4 Å². The first kappa shape index (κ1) is 20.5. The van der Waals surface area contributed by atoms with Crippen LogP contribution in [0.4, 0.5) is 5.82 Å². The molecule has 0 spiro atoms. The van der Waals surface area contributed by atoms with Crippen LogP contribution in [0.2, 0.25) is 0 Å². The van der Waals surface area contributed by atoms with E-state index in [9.17, 15) is 4.79 Å². The number of piperidine rings is 1. The maximum absolute atomic E-state index is 12.7. The number of unbranched alkanes of at least 4 members (excludes halogenated alkanes) is 1. The molecule has 154 valence electrons. The molecule has 8 nitrogen and oxygen atoms in total. The second kappa shape index (κ2) is 9.82. The molecular weight excluding hydrogens is 356 g/mol. The summed E-state index contributed by atoms with van der Waals surface area (Å²) in [6.45, 7) is 11.5. The summed E-state index contributed by atoms with van der Waals surface area (Å²) in [5.74, 6) is 0.936. The van der Waals surface area contributed by atoms with Crippen LogP contribution in [-0.4, -0.2) is 65.2 Å². The SMILES string of the molecule is CCCCN(CC)CCNC(=O)[C@H]1CCCN(c2ncnc3onc(C)c23)C1. The number of carbonyl (C=O) groups excluding carboxylic acids is 1. The molecule has 0 saturated carbocycles. The zero-order valence-corrected chi connectivity index (χ0v) is 17.3. The van der Waals surface area contributed by atoms with E-state index in [4.69, 9.17) is 4.52 Å². The van der Waals surface area contributed by atoms with Gasteiger partial charge in [0.2, 0.25) is 5.91 Å². The Morgan fingerprint density at radius 3 is 3.00 bits per heavy atom. The van der Waals surface area contributed by atoms with Gasteiger partial charge < -0.3 is 19.6 Å². The second-order valence-electron chi connectivity index (χ2n) is 7.51. The number of nitrogens with one attached hydrogen (secondary N) is 1. The number of rotatable bonds is 9. The molecule has 2 aromatic heterocycles. The standard InChI is InChI=1S/C20H32N6O2/c1-4-6-10-25(5-2)12-9-21-19(27)16-8-7-11-26(13-16)18-17-15(3)24-28-20(17)23-14-22-18/h14,16H,4-13H2,1-3H3,(H,21,27)/t16-/m0/s1. The van der Waals surface area contributed by atoms with Crippen molar-refractivity contribution in [2.24, 2.45) is 5.92 Å². The molecule has 1 aliphatic heterocycles. The van der Waals surface area contributed by atoms with Gasteiger partial charge in [-0.1, -0.05) is 25.4 Å². The molecule has 2 aromatic rings. The van der Waals surface area contributed by atoms with Gasteiger partial charge in [-0.05, 0) is 39.3 Å². The number of nitrogens with zero attached hydrogens (tertiary/aromatic N) is 5. The third kappa shape index (κ3) is 4.79. The van der Waals surface area contributed by atoms with E-state index < -0.39 is 0 Å². The Hall–Kier alpha value is -2.22. The molecule has 8 heteroatoms. The number of hydrogen-bond donors (Lipinski definition) is 1. The number of likely N-dealkylation sites (N-methyl/N-ethyl adjacent to an activating group) is 1. The molecular formula is C20H32N6O2. The lowest BCUT2D eigenvalue weighted by Crippen LogP contribution is -2.45. The van der Waals surface area contributed by atoms with Crippen LogP contribution in [0.1, 0.15) is 45.2 Å². The molecule has 28 heavy (non-hydrogen) atoms. The molecule has 0 bridgehead atoms. The van der Waals surface area contributed by atoms with Crippen LogP contribution in [0.3, 0.4) is 0 Å². The summed E-state index contributed by atoms with van der Waals surface area (Å²) in [7, 11) is 0. The van der Waals surface area contributed by atoms with Crippen LogP contribution in [0.5, 0.6) is 0 Å². The number of anilines is 1. The Balaban J connectivity index is 1.57. The van der Waals surface area contributed by atoms with Crippen molar-refractivity contribution in [3.63, 3.8) is 0 Å². The van der Waals surface area contributed by atoms with Gasteiger partial charge in [0.05, 0.1) is 11.6 Å². The fraction of sp³-hybridized carbons (Fsp3) is 0.700. The maximum atomic E-state index is 12.7. The van der Waals surface area contributed by atoms with Gasteiger partial charge in [-0.3, -0.25) is 4.79 Å². The minimum Gasteiger partial charge on any atom is -0.355 e. The van der Waals surface area contributed by atoms with E-state index in [1.54, 1.807) is 0 Å². The largest absolute Gasteiger partial charge is 0.355 e. The van der Waals surface area contributed by atoms with Crippen molar-refractivity contribution in [3.05, 3.63) is 12.0 Å². The molecule has 1 saturated heterocycles. The van der Waals surface area contributed by atoms with E-state index in [0.717, 1.165) is 55.9 Å². The number of fused-ring (bicyclic) bond motifs is 1. The average Bonchev–Trinajstić information content (AvgIpc) is 3.11. The van der Waals surface area contributed by atoms with Crippen molar-refractivity contribution >= 4 is 22.8 Å². The Morgan fingerprint density at radius 2 is 2.21 bits per heavy atom. The molecule has 1 fully saturated rings. The predicted molar refractivity (Wildman–Crippen MR) is 109 cm³/mol. The van der Waals surface area contributed by atoms with Crippen LogP contribution in [0.25, 0.3) is 11.1 Å². The lowest BCUT2D eigenvalue weighted by molar-refractivity contribution is -0.125. The van der Waals surface area contributed by atoms with Crippen LogP contribution in [-0.2, 0) is 4.79 Å². The van der Waals surface area contributed by atoms with E-state index in [-0.39, 0.29) is 11.8 Å². The molecule has 0 unspecified atom stereocenters. The first-order chi connectivity index (χ1) is 13.6. The summed E-state index contributed by atoms with van der Waals surface area (Å²) >= 11 is 0.